The van der Waals surface area contributed by atoms with E-state index in [1.54, 1.807) is 0 Å². The van der Waals surface area contributed by atoms with Gasteiger partial charge in [-0.2, -0.15) is 10.2 Å². The van der Waals surface area contributed by atoms with E-state index in [1.165, 1.54) is 6.20 Å². The number of hydrogen-bond donors (Lipinski definition) is 0. The van der Waals surface area contributed by atoms with Crippen LogP contribution in [-0.4, -0.2) is 17.8 Å². The van der Waals surface area contributed by atoms with Crippen molar-refractivity contribution in [3.8, 4) is 0 Å². The lowest BCUT2D eigenvalue weighted by Gasteiger charge is -1.96. The van der Waals surface area contributed by atoms with Crippen molar-refractivity contribution in [3.63, 3.8) is 0 Å². The third kappa shape index (κ3) is 0.540. The largest absolute Gasteiger partial charge is 0.287 e. The third-order valence-electron chi connectivity index (χ3n) is 1.17. The molecule has 5 nitrogen and oxygen atoms in total. The Hall–Kier alpha value is -1.65. The molecule has 2 rings (SSSR count). The molecular weight excluding hydrogens is 132 g/mol. The van der Waals surface area contributed by atoms with Gasteiger partial charge in [0.05, 0.1) is 18.0 Å². The molecule has 0 aromatic heterocycles. The van der Waals surface area contributed by atoms with E-state index in [0.29, 0.717) is 11.4 Å². The number of hydrogen-bond acceptors (Lipinski definition) is 5. The fraction of sp³-hybridized carbons (Fsp3) is 0. The standard InChI is InChI=1S/C5H2N4O/c10-4-2-7-9-5-3(4)1-6-8-5/h1-2H. The zero-order valence-electron chi connectivity index (χ0n) is 4.85. The highest BCUT2D eigenvalue weighted by Gasteiger charge is 2.20. The lowest BCUT2D eigenvalue weighted by atomic mass is 10.2. The van der Waals surface area contributed by atoms with Crippen molar-refractivity contribution in [2.75, 3.05) is 0 Å². The molecule has 0 aliphatic carbocycles. The molecule has 0 unspecified atom stereocenters. The highest BCUT2D eigenvalue weighted by Crippen LogP contribution is 2.12. The Bertz CT molecular complexity index is 304. The molecule has 0 spiro atoms. The van der Waals surface area contributed by atoms with Crippen LogP contribution in [-0.2, 0) is 4.79 Å². The first-order chi connectivity index (χ1) is 4.88. The second-order valence-electron chi connectivity index (χ2n) is 1.79. The van der Waals surface area contributed by atoms with E-state index < -0.39 is 0 Å². The number of carbonyl (C=O) groups is 1. The van der Waals surface area contributed by atoms with Crippen molar-refractivity contribution in [2.45, 2.75) is 0 Å². The van der Waals surface area contributed by atoms with E-state index in [-0.39, 0.29) is 5.78 Å². The van der Waals surface area contributed by atoms with Gasteiger partial charge in [-0.3, -0.25) is 4.79 Å². The molecule has 0 saturated carbocycles. The molecular formula is C5H2N4O. The first-order valence-corrected chi connectivity index (χ1v) is 2.65. The van der Waals surface area contributed by atoms with Gasteiger partial charge in [0.15, 0.2) is 0 Å². The summed E-state index contributed by atoms with van der Waals surface area (Å²) in [5.41, 5.74) is 0.426. The predicted octanol–water partition coefficient (Wildman–Crippen LogP) is 0.303. The normalized spacial score (nSPS) is 20.6. The predicted molar refractivity (Wildman–Crippen MR) is 33.9 cm³/mol. The summed E-state index contributed by atoms with van der Waals surface area (Å²) in [6.07, 6.45) is 2.53. The minimum atomic E-state index is -0.185. The van der Waals surface area contributed by atoms with Crippen LogP contribution in [0.5, 0.6) is 0 Å². The van der Waals surface area contributed by atoms with Gasteiger partial charge in [0.2, 0.25) is 11.6 Å². The molecule has 0 aromatic rings. The maximum absolute atomic E-state index is 10.9. The Morgan fingerprint density at radius 1 is 1.40 bits per heavy atom. The highest BCUT2D eigenvalue weighted by atomic mass is 16.1. The van der Waals surface area contributed by atoms with Gasteiger partial charge in [0, 0.05) is 0 Å². The Balaban J connectivity index is 2.54. The van der Waals surface area contributed by atoms with Gasteiger partial charge in [-0.05, 0) is 0 Å². The average Bonchev–Trinajstić information content (AvgIpc) is 2.36. The molecule has 0 N–H and O–H groups in total. The summed E-state index contributed by atoms with van der Waals surface area (Å²) in [5.74, 6) is 0.127. The lowest BCUT2D eigenvalue weighted by molar-refractivity contribution is -0.109. The van der Waals surface area contributed by atoms with Crippen LogP contribution in [0.4, 0.5) is 0 Å². The molecule has 0 atom stereocenters. The number of fused-ring (bicyclic) bond motifs is 1. The Morgan fingerprint density at radius 2 is 2.30 bits per heavy atom. The summed E-state index contributed by atoms with van der Waals surface area (Å²) in [6.45, 7) is 0. The molecule has 2 heterocycles. The Kier molecular flexibility index (Phi) is 0.858. The van der Waals surface area contributed by atoms with Crippen molar-refractivity contribution in [3.05, 3.63) is 11.8 Å². The first-order valence-electron chi connectivity index (χ1n) is 2.65. The van der Waals surface area contributed by atoms with Crippen molar-refractivity contribution in [1.29, 1.82) is 0 Å². The lowest BCUT2D eigenvalue weighted by Crippen LogP contribution is -2.12. The van der Waals surface area contributed by atoms with Crippen molar-refractivity contribution < 1.29 is 4.79 Å². The van der Waals surface area contributed by atoms with Crippen LogP contribution < -0.4 is 0 Å². The summed E-state index contributed by atoms with van der Waals surface area (Å²) in [6, 6.07) is 0. The smallest absolute Gasteiger partial charge is 0.211 e. The summed E-state index contributed by atoms with van der Waals surface area (Å²) in [5, 5.41) is 14.1. The summed E-state index contributed by atoms with van der Waals surface area (Å²) in [4.78, 5) is 10.9. The number of rotatable bonds is 0. The molecule has 2 aliphatic rings. The van der Waals surface area contributed by atoms with E-state index in [2.05, 4.69) is 20.4 Å². The quantitative estimate of drug-likeness (QED) is 0.469. The molecule has 0 aromatic carbocycles. The van der Waals surface area contributed by atoms with Crippen molar-refractivity contribution >= 4 is 17.8 Å². The minimum absolute atomic E-state index is 0.185. The molecule has 0 amide bonds. The van der Waals surface area contributed by atoms with Crippen LogP contribution in [0.2, 0.25) is 0 Å². The minimum Gasteiger partial charge on any atom is -0.287 e. The number of carbonyl (C=O) groups excluding carboxylic acids is 1. The molecule has 10 heavy (non-hydrogen) atoms. The summed E-state index contributed by atoms with van der Waals surface area (Å²) < 4.78 is 0. The zero-order valence-corrected chi connectivity index (χ0v) is 4.85. The monoisotopic (exact) mass is 134 g/mol. The fourth-order valence-electron chi connectivity index (χ4n) is 0.706. The molecule has 2 aliphatic heterocycles. The Morgan fingerprint density at radius 3 is 3.10 bits per heavy atom. The van der Waals surface area contributed by atoms with Gasteiger partial charge in [-0.1, -0.05) is 0 Å². The average molecular weight is 134 g/mol. The highest BCUT2D eigenvalue weighted by molar-refractivity contribution is 6.45. The molecule has 0 fully saturated rings. The van der Waals surface area contributed by atoms with Crippen LogP contribution in [0.15, 0.2) is 32.2 Å². The van der Waals surface area contributed by atoms with Crippen LogP contribution in [0, 0.1) is 0 Å². The first kappa shape index (κ1) is 5.16. The number of ketones is 1. The number of Topliss-reactive ketones (excluding diaryl/α,β-unsaturated/α-hetero) is 1. The van der Waals surface area contributed by atoms with Gasteiger partial charge in [-0.25, -0.2) is 0 Å². The van der Waals surface area contributed by atoms with Gasteiger partial charge < -0.3 is 0 Å². The van der Waals surface area contributed by atoms with Crippen LogP contribution in [0.1, 0.15) is 0 Å². The van der Waals surface area contributed by atoms with E-state index in [4.69, 9.17) is 0 Å². The second-order valence-corrected chi connectivity index (χ2v) is 1.79. The Labute approximate surface area is 55.9 Å². The van der Waals surface area contributed by atoms with Crippen molar-refractivity contribution in [1.82, 2.24) is 0 Å². The molecule has 5 heteroatoms. The van der Waals surface area contributed by atoms with Gasteiger partial charge in [0.25, 0.3) is 0 Å². The summed E-state index contributed by atoms with van der Waals surface area (Å²) in [7, 11) is 0. The van der Waals surface area contributed by atoms with Gasteiger partial charge in [-0.15, -0.1) is 10.2 Å². The number of amidine groups is 1. The molecule has 48 valence electrons. The van der Waals surface area contributed by atoms with Crippen LogP contribution in [0.3, 0.4) is 0 Å². The fourth-order valence-corrected chi connectivity index (χ4v) is 0.706. The number of azo groups is 1. The van der Waals surface area contributed by atoms with Gasteiger partial charge >= 0.3 is 0 Å². The second kappa shape index (κ2) is 1.66. The van der Waals surface area contributed by atoms with E-state index in [9.17, 15) is 4.79 Å². The van der Waals surface area contributed by atoms with Crippen LogP contribution in [0.25, 0.3) is 0 Å². The molecule has 0 radical (unpaired) electrons. The zero-order chi connectivity index (χ0) is 6.97. The van der Waals surface area contributed by atoms with Crippen molar-refractivity contribution in [2.24, 2.45) is 20.4 Å². The van der Waals surface area contributed by atoms with Gasteiger partial charge in [0.1, 0.15) is 0 Å². The maximum Gasteiger partial charge on any atom is 0.211 e. The van der Waals surface area contributed by atoms with E-state index in [1.807, 2.05) is 0 Å². The van der Waals surface area contributed by atoms with E-state index in [0.717, 1.165) is 6.21 Å². The summed E-state index contributed by atoms with van der Waals surface area (Å²) >= 11 is 0. The third-order valence-corrected chi connectivity index (χ3v) is 1.17. The number of nitrogens with zero attached hydrogens (tertiary/aromatic N) is 4. The SMILES string of the molecule is O=C1C=NN=C2N=NC=C12. The molecule has 0 bridgehead atoms. The molecule has 0 saturated heterocycles. The maximum atomic E-state index is 10.9. The van der Waals surface area contributed by atoms with Crippen LogP contribution >= 0.6 is 0 Å². The van der Waals surface area contributed by atoms with E-state index >= 15 is 0 Å². The topological polar surface area (TPSA) is 66.5 Å².